The molecule has 0 aromatic carbocycles. The minimum atomic E-state index is -0.0785. The Morgan fingerprint density at radius 1 is 1.42 bits per heavy atom. The minimum absolute atomic E-state index is 0.0785. The Hall–Kier alpha value is -0.910. The van der Waals surface area contributed by atoms with Crippen molar-refractivity contribution in [2.45, 2.75) is 45.4 Å². The van der Waals surface area contributed by atoms with Crippen molar-refractivity contribution in [2.24, 2.45) is 5.73 Å². The summed E-state index contributed by atoms with van der Waals surface area (Å²) in [6, 6.07) is -0.0785. The summed E-state index contributed by atoms with van der Waals surface area (Å²) in [6.07, 6.45) is 6.27. The minimum Gasteiger partial charge on any atom is -0.374 e. The van der Waals surface area contributed by atoms with Crippen LogP contribution in [0.15, 0.2) is 12.4 Å². The van der Waals surface area contributed by atoms with Crippen molar-refractivity contribution in [1.29, 1.82) is 0 Å². The lowest BCUT2D eigenvalue weighted by Crippen LogP contribution is -2.47. The molecule has 0 spiro atoms. The number of nitrogens with two attached hydrogens (primary N) is 1. The zero-order chi connectivity index (χ0) is 13.7. The van der Waals surface area contributed by atoms with Crippen molar-refractivity contribution >= 4 is 0 Å². The fourth-order valence-electron chi connectivity index (χ4n) is 2.59. The van der Waals surface area contributed by atoms with Gasteiger partial charge in [0.05, 0.1) is 24.9 Å². The Labute approximate surface area is 115 Å². The molecule has 0 bridgehead atoms. The van der Waals surface area contributed by atoms with Crippen LogP contribution in [0.25, 0.3) is 0 Å². The highest BCUT2D eigenvalue weighted by Crippen LogP contribution is 2.20. The van der Waals surface area contributed by atoms with Gasteiger partial charge in [-0.2, -0.15) is 5.10 Å². The molecule has 2 atom stereocenters. The number of rotatable bonds is 6. The maximum atomic E-state index is 6.33. The van der Waals surface area contributed by atoms with Crippen LogP contribution in [0, 0.1) is 0 Å². The molecule has 5 heteroatoms. The normalized spacial score (nSPS) is 22.6. The molecule has 0 saturated carbocycles. The van der Waals surface area contributed by atoms with E-state index < -0.39 is 0 Å². The first-order valence-corrected chi connectivity index (χ1v) is 7.36. The summed E-state index contributed by atoms with van der Waals surface area (Å²) in [4.78, 5) is 2.44. The van der Waals surface area contributed by atoms with Crippen LogP contribution < -0.4 is 5.73 Å². The van der Waals surface area contributed by atoms with Crippen LogP contribution in [0.1, 0.15) is 38.3 Å². The van der Waals surface area contributed by atoms with Crippen LogP contribution in [0.3, 0.4) is 0 Å². The first-order chi connectivity index (χ1) is 9.24. The Bertz CT molecular complexity index is 377. The monoisotopic (exact) mass is 266 g/mol. The molecule has 1 aromatic heterocycles. The highest BCUT2D eigenvalue weighted by molar-refractivity contribution is 5.12. The van der Waals surface area contributed by atoms with Crippen molar-refractivity contribution in [3.05, 3.63) is 18.0 Å². The van der Waals surface area contributed by atoms with E-state index in [-0.39, 0.29) is 12.1 Å². The molecule has 1 aliphatic heterocycles. The fraction of sp³-hybridized carbons (Fsp3) is 0.786. The van der Waals surface area contributed by atoms with E-state index in [4.69, 9.17) is 10.5 Å². The lowest BCUT2D eigenvalue weighted by Gasteiger charge is -2.35. The number of morpholine rings is 1. The van der Waals surface area contributed by atoms with Crippen molar-refractivity contribution in [3.63, 3.8) is 0 Å². The van der Waals surface area contributed by atoms with Crippen LogP contribution in [0.2, 0.25) is 0 Å². The molecule has 1 aromatic rings. The Morgan fingerprint density at radius 3 is 2.95 bits per heavy atom. The largest absolute Gasteiger partial charge is 0.374 e. The predicted octanol–water partition coefficient (Wildman–Crippen LogP) is 1.40. The molecule has 19 heavy (non-hydrogen) atoms. The summed E-state index contributed by atoms with van der Waals surface area (Å²) in [5.74, 6) is 0. The first kappa shape index (κ1) is 14.5. The van der Waals surface area contributed by atoms with Crippen molar-refractivity contribution in [2.75, 3.05) is 26.2 Å². The lowest BCUT2D eigenvalue weighted by molar-refractivity contribution is -0.0408. The number of aromatic nitrogens is 2. The quantitative estimate of drug-likeness (QED) is 0.845. The molecule has 2 rings (SSSR count). The molecular formula is C14H26N4O. The van der Waals surface area contributed by atoms with Gasteiger partial charge >= 0.3 is 0 Å². The number of nitrogens with zero attached hydrogens (tertiary/aromatic N) is 3. The summed E-state index contributed by atoms with van der Waals surface area (Å²) in [7, 11) is 0. The standard InChI is InChI=1S/C14H26N4O/c1-3-5-17-7-8-19-13(11-17)14(15)12-9-16-18(10-12)6-4-2/h9-10,13-14H,3-8,11,15H2,1-2H3. The van der Waals surface area contributed by atoms with Crippen molar-refractivity contribution in [1.82, 2.24) is 14.7 Å². The molecule has 0 radical (unpaired) electrons. The van der Waals surface area contributed by atoms with E-state index in [0.717, 1.165) is 44.8 Å². The van der Waals surface area contributed by atoms with Gasteiger partial charge in [-0.05, 0) is 19.4 Å². The summed E-state index contributed by atoms with van der Waals surface area (Å²) >= 11 is 0. The molecule has 2 heterocycles. The maximum absolute atomic E-state index is 6.33. The summed E-state index contributed by atoms with van der Waals surface area (Å²) in [5, 5.41) is 4.34. The highest BCUT2D eigenvalue weighted by atomic mass is 16.5. The number of ether oxygens (including phenoxy) is 1. The Morgan fingerprint density at radius 2 is 2.21 bits per heavy atom. The van der Waals surface area contributed by atoms with Gasteiger partial charge in [-0.1, -0.05) is 13.8 Å². The average molecular weight is 266 g/mol. The van der Waals surface area contributed by atoms with Crippen LogP contribution in [-0.2, 0) is 11.3 Å². The summed E-state index contributed by atoms with van der Waals surface area (Å²) < 4.78 is 7.80. The van der Waals surface area contributed by atoms with Gasteiger partial charge in [0.15, 0.2) is 0 Å². The molecular weight excluding hydrogens is 240 g/mol. The van der Waals surface area contributed by atoms with E-state index in [1.165, 1.54) is 6.42 Å². The second kappa shape index (κ2) is 7.03. The van der Waals surface area contributed by atoms with Gasteiger partial charge < -0.3 is 10.5 Å². The van der Waals surface area contributed by atoms with Crippen molar-refractivity contribution in [3.8, 4) is 0 Å². The second-order valence-corrected chi connectivity index (χ2v) is 5.27. The van der Waals surface area contributed by atoms with Crippen LogP contribution in [-0.4, -0.2) is 47.0 Å². The number of aryl methyl sites for hydroxylation is 1. The van der Waals surface area contributed by atoms with Crippen LogP contribution in [0.4, 0.5) is 0 Å². The smallest absolute Gasteiger partial charge is 0.0895 e. The molecule has 108 valence electrons. The SMILES string of the molecule is CCCN1CCOC(C(N)c2cnn(CCC)c2)C1. The molecule has 2 unspecified atom stereocenters. The fourth-order valence-corrected chi connectivity index (χ4v) is 2.59. The second-order valence-electron chi connectivity index (χ2n) is 5.27. The maximum Gasteiger partial charge on any atom is 0.0895 e. The summed E-state index contributed by atoms with van der Waals surface area (Å²) in [6.45, 7) is 9.15. The predicted molar refractivity (Wildman–Crippen MR) is 75.9 cm³/mol. The zero-order valence-electron chi connectivity index (χ0n) is 12.1. The van der Waals surface area contributed by atoms with E-state index in [9.17, 15) is 0 Å². The van der Waals surface area contributed by atoms with Gasteiger partial charge in [0, 0.05) is 31.4 Å². The molecule has 0 amide bonds. The van der Waals surface area contributed by atoms with E-state index in [1.54, 1.807) is 0 Å². The molecule has 2 N–H and O–H groups in total. The van der Waals surface area contributed by atoms with Gasteiger partial charge in [0.1, 0.15) is 0 Å². The number of hydrogen-bond donors (Lipinski definition) is 1. The summed E-state index contributed by atoms with van der Waals surface area (Å²) in [5.41, 5.74) is 7.41. The van der Waals surface area contributed by atoms with Crippen LogP contribution in [0.5, 0.6) is 0 Å². The molecule has 0 aliphatic carbocycles. The third kappa shape index (κ3) is 3.78. The Balaban J connectivity index is 1.95. The number of hydrogen-bond acceptors (Lipinski definition) is 4. The van der Waals surface area contributed by atoms with E-state index in [2.05, 4.69) is 30.0 Å². The van der Waals surface area contributed by atoms with Gasteiger partial charge in [0.2, 0.25) is 0 Å². The van der Waals surface area contributed by atoms with E-state index >= 15 is 0 Å². The third-order valence-corrected chi connectivity index (χ3v) is 3.61. The Kier molecular flexibility index (Phi) is 5.36. The third-order valence-electron chi connectivity index (χ3n) is 3.61. The van der Waals surface area contributed by atoms with Gasteiger partial charge in [-0.15, -0.1) is 0 Å². The first-order valence-electron chi connectivity index (χ1n) is 7.36. The van der Waals surface area contributed by atoms with Gasteiger partial charge in [-0.3, -0.25) is 9.58 Å². The van der Waals surface area contributed by atoms with Gasteiger partial charge in [0.25, 0.3) is 0 Å². The lowest BCUT2D eigenvalue weighted by atomic mass is 10.0. The highest BCUT2D eigenvalue weighted by Gasteiger charge is 2.27. The average Bonchev–Trinajstić information content (AvgIpc) is 2.88. The van der Waals surface area contributed by atoms with E-state index in [0.29, 0.717) is 0 Å². The topological polar surface area (TPSA) is 56.3 Å². The van der Waals surface area contributed by atoms with E-state index in [1.807, 2.05) is 10.9 Å². The van der Waals surface area contributed by atoms with Crippen molar-refractivity contribution < 1.29 is 4.74 Å². The molecule has 1 aliphatic rings. The molecule has 5 nitrogen and oxygen atoms in total. The molecule has 1 fully saturated rings. The van der Waals surface area contributed by atoms with Gasteiger partial charge in [-0.25, -0.2) is 0 Å². The molecule has 1 saturated heterocycles. The van der Waals surface area contributed by atoms with Crippen LogP contribution >= 0.6 is 0 Å². The zero-order valence-corrected chi connectivity index (χ0v) is 12.1.